The van der Waals surface area contributed by atoms with Crippen LogP contribution in [0, 0.1) is 6.92 Å². The van der Waals surface area contributed by atoms with Crippen LogP contribution in [0.2, 0.25) is 0 Å². The van der Waals surface area contributed by atoms with E-state index in [2.05, 4.69) is 13.8 Å². The van der Waals surface area contributed by atoms with Gasteiger partial charge in [0, 0.05) is 6.54 Å². The lowest BCUT2D eigenvalue weighted by Gasteiger charge is -2.15. The van der Waals surface area contributed by atoms with E-state index in [9.17, 15) is 4.79 Å². The van der Waals surface area contributed by atoms with E-state index in [1.165, 1.54) is 0 Å². The van der Waals surface area contributed by atoms with Gasteiger partial charge in [-0.05, 0) is 37.5 Å². The summed E-state index contributed by atoms with van der Waals surface area (Å²) in [6.07, 6.45) is 0. The smallest absolute Gasteiger partial charge is 0.294 e. The number of aromatic nitrogens is 2. The molecule has 0 fully saturated rings. The Bertz CT molecular complexity index is 650. The lowest BCUT2D eigenvalue weighted by Crippen LogP contribution is -2.22. The number of benzene rings is 1. The van der Waals surface area contributed by atoms with E-state index in [0.717, 1.165) is 16.9 Å². The van der Waals surface area contributed by atoms with Crippen LogP contribution in [-0.2, 0) is 6.54 Å². The van der Waals surface area contributed by atoms with Crippen molar-refractivity contribution < 1.29 is 0 Å². The molecule has 0 aliphatic heterocycles. The number of nitrogens with zero attached hydrogens (tertiary/aromatic N) is 2. The highest BCUT2D eigenvalue weighted by molar-refractivity contribution is 5.47. The average molecular weight is 259 g/mol. The molecule has 0 aliphatic rings. The molecule has 0 bridgehead atoms. The number of nitrogens with two attached hydrogens (primary N) is 1. The van der Waals surface area contributed by atoms with Crippen molar-refractivity contribution in [1.82, 2.24) is 9.36 Å². The maximum atomic E-state index is 12.4. The maximum Gasteiger partial charge on any atom is 0.294 e. The van der Waals surface area contributed by atoms with Crippen LogP contribution in [0.4, 0.5) is 5.69 Å². The molecule has 19 heavy (non-hydrogen) atoms. The lowest BCUT2D eigenvalue weighted by atomic mass is 10.1. The predicted octanol–water partition coefficient (Wildman–Crippen LogP) is 2.67. The van der Waals surface area contributed by atoms with Gasteiger partial charge in [-0.15, -0.1) is 0 Å². The standard InChI is InChI=1S/C15H21N3O/c1-5-17-14(10(2)3)13(16)15(19)18(17)12-8-6-7-11(4)9-12/h6-10H,5,16H2,1-4H3. The number of anilines is 1. The fourth-order valence-electron chi connectivity index (χ4n) is 2.52. The molecule has 4 heteroatoms. The Morgan fingerprint density at radius 3 is 2.53 bits per heavy atom. The third kappa shape index (κ3) is 2.18. The number of nitrogen functional groups attached to an aromatic ring is 1. The van der Waals surface area contributed by atoms with Crippen molar-refractivity contribution in [2.75, 3.05) is 5.73 Å². The summed E-state index contributed by atoms with van der Waals surface area (Å²) in [6.45, 7) is 8.86. The molecule has 0 radical (unpaired) electrons. The van der Waals surface area contributed by atoms with Crippen molar-refractivity contribution in [3.8, 4) is 5.69 Å². The van der Waals surface area contributed by atoms with E-state index >= 15 is 0 Å². The number of hydrogen-bond donors (Lipinski definition) is 1. The molecule has 102 valence electrons. The Morgan fingerprint density at radius 2 is 2.00 bits per heavy atom. The summed E-state index contributed by atoms with van der Waals surface area (Å²) in [4.78, 5) is 12.4. The highest BCUT2D eigenvalue weighted by Gasteiger charge is 2.19. The SMILES string of the molecule is CCn1c(C(C)C)c(N)c(=O)n1-c1cccc(C)c1. The Morgan fingerprint density at radius 1 is 1.32 bits per heavy atom. The third-order valence-electron chi connectivity index (χ3n) is 3.31. The molecule has 2 aromatic rings. The first kappa shape index (κ1) is 13.5. The molecule has 4 nitrogen and oxygen atoms in total. The zero-order valence-electron chi connectivity index (χ0n) is 12.0. The minimum absolute atomic E-state index is 0.129. The Hall–Kier alpha value is -1.97. The van der Waals surface area contributed by atoms with Crippen LogP contribution in [0.5, 0.6) is 0 Å². The molecule has 0 aliphatic carbocycles. The zero-order valence-corrected chi connectivity index (χ0v) is 12.0. The number of hydrogen-bond acceptors (Lipinski definition) is 2. The lowest BCUT2D eigenvalue weighted by molar-refractivity contribution is 0.534. The summed E-state index contributed by atoms with van der Waals surface area (Å²) in [6, 6.07) is 7.90. The second-order valence-corrected chi connectivity index (χ2v) is 5.13. The Kier molecular flexibility index (Phi) is 3.51. The summed E-state index contributed by atoms with van der Waals surface area (Å²) >= 11 is 0. The second kappa shape index (κ2) is 4.96. The van der Waals surface area contributed by atoms with Gasteiger partial charge in [0.05, 0.1) is 11.4 Å². The summed E-state index contributed by atoms with van der Waals surface area (Å²) in [5.74, 6) is 0.221. The Balaban J connectivity index is 2.77. The quantitative estimate of drug-likeness (QED) is 0.921. The van der Waals surface area contributed by atoms with Gasteiger partial charge >= 0.3 is 0 Å². The van der Waals surface area contributed by atoms with E-state index in [1.54, 1.807) is 4.68 Å². The van der Waals surface area contributed by atoms with Crippen LogP contribution in [0.1, 0.15) is 37.9 Å². The van der Waals surface area contributed by atoms with Crippen LogP contribution >= 0.6 is 0 Å². The van der Waals surface area contributed by atoms with Crippen LogP contribution < -0.4 is 11.3 Å². The van der Waals surface area contributed by atoms with Gasteiger partial charge in [-0.2, -0.15) is 0 Å². The average Bonchev–Trinajstić information content (AvgIpc) is 2.61. The van der Waals surface area contributed by atoms with Gasteiger partial charge in [-0.25, -0.2) is 4.68 Å². The molecule has 0 atom stereocenters. The molecular weight excluding hydrogens is 238 g/mol. The molecule has 0 saturated carbocycles. The normalized spacial score (nSPS) is 11.2. The van der Waals surface area contributed by atoms with Gasteiger partial charge in [-0.3, -0.25) is 9.48 Å². The molecule has 2 rings (SSSR count). The van der Waals surface area contributed by atoms with Crippen molar-refractivity contribution >= 4 is 5.69 Å². The van der Waals surface area contributed by atoms with Crippen LogP contribution in [0.25, 0.3) is 5.69 Å². The van der Waals surface area contributed by atoms with Crippen LogP contribution in [0.15, 0.2) is 29.1 Å². The largest absolute Gasteiger partial charge is 0.393 e. The van der Waals surface area contributed by atoms with Crippen molar-refractivity contribution in [1.29, 1.82) is 0 Å². The van der Waals surface area contributed by atoms with Gasteiger partial charge < -0.3 is 5.73 Å². The first-order chi connectivity index (χ1) is 8.97. The fraction of sp³-hybridized carbons (Fsp3) is 0.400. The minimum Gasteiger partial charge on any atom is -0.393 e. The summed E-state index contributed by atoms with van der Waals surface area (Å²) < 4.78 is 3.65. The van der Waals surface area contributed by atoms with E-state index in [1.807, 2.05) is 42.8 Å². The molecule has 0 saturated heterocycles. The van der Waals surface area contributed by atoms with Gasteiger partial charge in [0.15, 0.2) is 0 Å². The first-order valence-corrected chi connectivity index (χ1v) is 6.65. The second-order valence-electron chi connectivity index (χ2n) is 5.13. The number of aryl methyl sites for hydroxylation is 1. The highest BCUT2D eigenvalue weighted by atomic mass is 16.1. The van der Waals surface area contributed by atoms with Crippen molar-refractivity contribution in [2.45, 2.75) is 40.2 Å². The van der Waals surface area contributed by atoms with Crippen LogP contribution in [-0.4, -0.2) is 9.36 Å². The van der Waals surface area contributed by atoms with E-state index in [0.29, 0.717) is 12.2 Å². The predicted molar refractivity (Wildman–Crippen MR) is 78.9 cm³/mol. The highest BCUT2D eigenvalue weighted by Crippen LogP contribution is 2.22. The van der Waals surface area contributed by atoms with Gasteiger partial charge in [0.1, 0.15) is 5.69 Å². The van der Waals surface area contributed by atoms with Crippen LogP contribution in [0.3, 0.4) is 0 Å². The van der Waals surface area contributed by atoms with E-state index < -0.39 is 0 Å². The van der Waals surface area contributed by atoms with Gasteiger partial charge in [-0.1, -0.05) is 26.0 Å². The minimum atomic E-state index is -0.129. The fourth-order valence-corrected chi connectivity index (χ4v) is 2.52. The van der Waals surface area contributed by atoms with Gasteiger partial charge in [0.2, 0.25) is 0 Å². The summed E-state index contributed by atoms with van der Waals surface area (Å²) in [5.41, 5.74) is 9.13. The van der Waals surface area contributed by atoms with Crippen molar-refractivity contribution in [3.05, 3.63) is 45.9 Å². The Labute approximate surface area is 113 Å². The molecule has 1 heterocycles. The molecule has 1 aromatic carbocycles. The molecule has 0 unspecified atom stereocenters. The molecule has 0 spiro atoms. The number of rotatable bonds is 3. The molecular formula is C15H21N3O. The van der Waals surface area contributed by atoms with Crippen molar-refractivity contribution in [3.63, 3.8) is 0 Å². The molecule has 0 amide bonds. The summed E-state index contributed by atoms with van der Waals surface area (Å²) in [5, 5.41) is 0. The summed E-state index contributed by atoms with van der Waals surface area (Å²) in [7, 11) is 0. The van der Waals surface area contributed by atoms with E-state index in [4.69, 9.17) is 5.73 Å². The zero-order chi connectivity index (χ0) is 14.2. The van der Waals surface area contributed by atoms with Crippen molar-refractivity contribution in [2.24, 2.45) is 0 Å². The topological polar surface area (TPSA) is 52.9 Å². The maximum absolute atomic E-state index is 12.4. The molecule has 1 aromatic heterocycles. The molecule has 2 N–H and O–H groups in total. The van der Waals surface area contributed by atoms with Gasteiger partial charge in [0.25, 0.3) is 5.56 Å². The monoisotopic (exact) mass is 259 g/mol. The first-order valence-electron chi connectivity index (χ1n) is 6.65. The third-order valence-corrected chi connectivity index (χ3v) is 3.31. The van der Waals surface area contributed by atoms with E-state index in [-0.39, 0.29) is 11.5 Å².